The number of hydrogen-bond donors (Lipinski definition) is 0. The van der Waals surface area contributed by atoms with Gasteiger partial charge in [-0.15, -0.1) is 0 Å². The highest BCUT2D eigenvalue weighted by Gasteiger charge is 2.16. The van der Waals surface area contributed by atoms with Crippen molar-refractivity contribution in [1.82, 2.24) is 9.78 Å². The van der Waals surface area contributed by atoms with E-state index >= 15 is 0 Å². The summed E-state index contributed by atoms with van der Waals surface area (Å²) in [5.41, 5.74) is 0.402. The van der Waals surface area contributed by atoms with Gasteiger partial charge in [-0.25, -0.2) is 4.79 Å². The van der Waals surface area contributed by atoms with E-state index in [1.54, 1.807) is 29.1 Å². The molecule has 100 valence electrons. The molecule has 0 radical (unpaired) electrons. The number of rotatable bonds is 4. The predicted octanol–water partition coefficient (Wildman–Crippen LogP) is 2.89. The van der Waals surface area contributed by atoms with Gasteiger partial charge >= 0.3 is 5.97 Å². The summed E-state index contributed by atoms with van der Waals surface area (Å²) in [6.07, 6.45) is 3.13. The van der Waals surface area contributed by atoms with Crippen LogP contribution in [0.5, 0.6) is 11.5 Å². The van der Waals surface area contributed by atoms with Crippen LogP contribution in [-0.2, 0) is 6.54 Å². The predicted molar refractivity (Wildman–Crippen MR) is 73.6 cm³/mol. The van der Waals surface area contributed by atoms with Crippen LogP contribution < -0.4 is 9.47 Å². The van der Waals surface area contributed by atoms with E-state index in [-0.39, 0.29) is 0 Å². The molecule has 0 atom stereocenters. The molecule has 0 aliphatic carbocycles. The number of esters is 1. The summed E-state index contributed by atoms with van der Waals surface area (Å²) in [5.74, 6) is 0.384. The molecule has 0 saturated carbocycles. The van der Waals surface area contributed by atoms with Crippen LogP contribution >= 0.6 is 15.9 Å². The maximum atomic E-state index is 12.0. The molecule has 0 unspecified atom stereocenters. The highest BCUT2D eigenvalue weighted by molar-refractivity contribution is 9.10. The number of methoxy groups -OCH3 is 1. The molecule has 1 aromatic carbocycles. The van der Waals surface area contributed by atoms with Crippen molar-refractivity contribution in [2.24, 2.45) is 0 Å². The molecule has 0 saturated heterocycles. The van der Waals surface area contributed by atoms with Gasteiger partial charge in [0.05, 0.1) is 23.3 Å². The minimum absolute atomic E-state index is 0.360. The fraction of sp³-hybridized carbons (Fsp3) is 0.231. The van der Waals surface area contributed by atoms with Gasteiger partial charge in [0.2, 0.25) is 0 Å². The lowest BCUT2D eigenvalue weighted by atomic mass is 10.3. The zero-order chi connectivity index (χ0) is 13.8. The van der Waals surface area contributed by atoms with E-state index in [2.05, 4.69) is 21.0 Å². The Morgan fingerprint density at radius 1 is 1.47 bits per heavy atom. The molecule has 2 aromatic rings. The normalized spacial score (nSPS) is 10.3. The number of ether oxygens (including phenoxy) is 2. The molecular weight excluding hydrogens is 312 g/mol. The summed E-state index contributed by atoms with van der Waals surface area (Å²) in [6.45, 7) is 2.64. The van der Waals surface area contributed by atoms with Gasteiger partial charge in [-0.2, -0.15) is 5.10 Å². The van der Waals surface area contributed by atoms with Gasteiger partial charge in [-0.3, -0.25) is 4.68 Å². The second-order valence-electron chi connectivity index (χ2n) is 3.75. The largest absolute Gasteiger partial charge is 0.493 e. The van der Waals surface area contributed by atoms with Gasteiger partial charge < -0.3 is 9.47 Å². The van der Waals surface area contributed by atoms with Crippen LogP contribution in [0.3, 0.4) is 0 Å². The Morgan fingerprint density at radius 2 is 2.26 bits per heavy atom. The average Bonchev–Trinajstić information content (AvgIpc) is 2.90. The van der Waals surface area contributed by atoms with Crippen molar-refractivity contribution < 1.29 is 14.3 Å². The molecule has 1 aromatic heterocycles. The van der Waals surface area contributed by atoms with Crippen molar-refractivity contribution in [3.63, 3.8) is 0 Å². The van der Waals surface area contributed by atoms with Gasteiger partial charge in [0.25, 0.3) is 0 Å². The number of benzene rings is 1. The first-order valence-electron chi connectivity index (χ1n) is 5.72. The van der Waals surface area contributed by atoms with Crippen LogP contribution in [-0.4, -0.2) is 22.9 Å². The zero-order valence-electron chi connectivity index (χ0n) is 10.6. The van der Waals surface area contributed by atoms with E-state index in [1.807, 2.05) is 6.92 Å². The zero-order valence-corrected chi connectivity index (χ0v) is 12.2. The monoisotopic (exact) mass is 324 g/mol. The van der Waals surface area contributed by atoms with Crippen LogP contribution in [0.1, 0.15) is 17.3 Å². The van der Waals surface area contributed by atoms with Crippen molar-refractivity contribution in [3.8, 4) is 11.5 Å². The summed E-state index contributed by atoms with van der Waals surface area (Å²) in [6, 6.07) is 5.30. The Labute approximate surface area is 119 Å². The molecule has 1 heterocycles. The van der Waals surface area contributed by atoms with Crippen molar-refractivity contribution in [3.05, 3.63) is 40.6 Å². The number of carbonyl (C=O) groups is 1. The number of para-hydroxylation sites is 1. The van der Waals surface area contributed by atoms with E-state index in [0.717, 1.165) is 0 Å². The molecule has 0 N–H and O–H groups in total. The topological polar surface area (TPSA) is 53.4 Å². The maximum Gasteiger partial charge on any atom is 0.346 e. The Balaban J connectivity index is 2.23. The van der Waals surface area contributed by atoms with Crippen LogP contribution in [0, 0.1) is 0 Å². The first-order chi connectivity index (χ1) is 9.15. The van der Waals surface area contributed by atoms with Crippen molar-refractivity contribution in [2.45, 2.75) is 13.5 Å². The van der Waals surface area contributed by atoms with Crippen LogP contribution in [0.25, 0.3) is 0 Å². The number of nitrogens with zero attached hydrogens (tertiary/aromatic N) is 2. The van der Waals surface area contributed by atoms with Crippen LogP contribution in [0.2, 0.25) is 0 Å². The summed E-state index contributed by atoms with van der Waals surface area (Å²) < 4.78 is 12.8. The van der Waals surface area contributed by atoms with Crippen LogP contribution in [0.15, 0.2) is 35.1 Å². The Bertz CT molecular complexity index is 595. The van der Waals surface area contributed by atoms with E-state index < -0.39 is 5.97 Å². The lowest BCUT2D eigenvalue weighted by Crippen LogP contribution is -2.09. The Kier molecular flexibility index (Phi) is 4.21. The minimum Gasteiger partial charge on any atom is -0.493 e. The van der Waals surface area contributed by atoms with Gasteiger partial charge in [0.1, 0.15) is 0 Å². The van der Waals surface area contributed by atoms with Gasteiger partial charge in [0.15, 0.2) is 11.5 Å². The van der Waals surface area contributed by atoms with E-state index in [0.29, 0.717) is 28.1 Å². The second kappa shape index (κ2) is 5.88. The second-order valence-corrected chi connectivity index (χ2v) is 4.60. The first-order valence-corrected chi connectivity index (χ1v) is 6.52. The average molecular weight is 325 g/mol. The molecule has 5 nitrogen and oxygen atoms in total. The van der Waals surface area contributed by atoms with Gasteiger partial charge in [-0.1, -0.05) is 6.07 Å². The third-order valence-electron chi connectivity index (χ3n) is 2.54. The number of aromatic nitrogens is 2. The number of carbonyl (C=O) groups excluding carboxylic acids is 1. The lowest BCUT2D eigenvalue weighted by Gasteiger charge is -2.09. The molecule has 0 aliphatic rings. The number of hydrogen-bond acceptors (Lipinski definition) is 4. The van der Waals surface area contributed by atoms with Gasteiger partial charge in [-0.05, 0) is 35.0 Å². The minimum atomic E-state index is -0.468. The van der Waals surface area contributed by atoms with Crippen molar-refractivity contribution in [1.29, 1.82) is 0 Å². The molecule has 2 rings (SSSR count). The standard InChI is InChI=1S/C13H13BrN2O3/c1-3-16-8-9(7-15-16)13(17)19-12-10(14)5-4-6-11(12)18-2/h4-8H,3H2,1-2H3. The summed E-state index contributed by atoms with van der Waals surface area (Å²) in [7, 11) is 1.52. The molecule has 19 heavy (non-hydrogen) atoms. The summed E-state index contributed by atoms with van der Waals surface area (Å²) in [5, 5.41) is 4.04. The van der Waals surface area contributed by atoms with Crippen LogP contribution in [0.4, 0.5) is 0 Å². The molecule has 0 spiro atoms. The number of halogens is 1. The molecule has 6 heteroatoms. The molecule has 0 aliphatic heterocycles. The maximum absolute atomic E-state index is 12.0. The molecule has 0 amide bonds. The third kappa shape index (κ3) is 2.96. The molecule has 0 bridgehead atoms. The fourth-order valence-electron chi connectivity index (χ4n) is 1.54. The van der Waals surface area contributed by atoms with E-state index in [1.165, 1.54) is 13.3 Å². The van der Waals surface area contributed by atoms with Gasteiger partial charge in [0, 0.05) is 12.7 Å². The summed E-state index contributed by atoms with van der Waals surface area (Å²) in [4.78, 5) is 12.0. The Morgan fingerprint density at radius 3 is 2.89 bits per heavy atom. The smallest absolute Gasteiger partial charge is 0.346 e. The third-order valence-corrected chi connectivity index (χ3v) is 3.16. The lowest BCUT2D eigenvalue weighted by molar-refractivity contribution is 0.0728. The molecular formula is C13H13BrN2O3. The highest BCUT2D eigenvalue weighted by atomic mass is 79.9. The van der Waals surface area contributed by atoms with Crippen molar-refractivity contribution >= 4 is 21.9 Å². The Hall–Kier alpha value is -1.82. The quantitative estimate of drug-likeness (QED) is 0.641. The van der Waals surface area contributed by atoms with E-state index in [4.69, 9.17) is 9.47 Å². The summed E-state index contributed by atoms with van der Waals surface area (Å²) >= 11 is 3.33. The molecule has 0 fully saturated rings. The highest BCUT2D eigenvalue weighted by Crippen LogP contribution is 2.35. The van der Waals surface area contributed by atoms with Crippen molar-refractivity contribution in [2.75, 3.05) is 7.11 Å². The number of aryl methyl sites for hydroxylation is 1. The fourth-order valence-corrected chi connectivity index (χ4v) is 1.97. The SMILES string of the molecule is CCn1cc(C(=O)Oc2c(Br)cccc2OC)cn1. The van der Waals surface area contributed by atoms with E-state index in [9.17, 15) is 4.79 Å². The first kappa shape index (κ1) is 13.6.